The van der Waals surface area contributed by atoms with Crippen LogP contribution in [0.5, 0.6) is 0 Å². The summed E-state index contributed by atoms with van der Waals surface area (Å²) >= 11 is 0. The lowest BCUT2D eigenvalue weighted by Crippen LogP contribution is -2.27. The molecule has 0 bridgehead atoms. The third-order valence-electron chi connectivity index (χ3n) is 3.64. The molecule has 114 valence electrons. The van der Waals surface area contributed by atoms with E-state index in [0.29, 0.717) is 12.8 Å². The molecule has 0 aliphatic heterocycles. The molecular weight excluding hydrogens is 272 g/mol. The maximum atomic E-state index is 11.6. The van der Waals surface area contributed by atoms with E-state index in [2.05, 4.69) is 0 Å². The van der Waals surface area contributed by atoms with Crippen LogP contribution in [-0.4, -0.2) is 29.3 Å². The summed E-state index contributed by atoms with van der Waals surface area (Å²) in [6.07, 6.45) is 0.986. The van der Waals surface area contributed by atoms with Crippen LogP contribution in [0.1, 0.15) is 31.7 Å². The van der Waals surface area contributed by atoms with Crippen LogP contribution in [0.2, 0.25) is 0 Å². The molecule has 2 unspecified atom stereocenters. The second-order valence-corrected chi connectivity index (χ2v) is 5.23. The molecule has 0 heterocycles. The molecule has 1 saturated carbocycles. The van der Waals surface area contributed by atoms with Crippen molar-refractivity contribution in [2.24, 2.45) is 5.92 Å². The number of ether oxygens (including phenoxy) is 2. The molecule has 1 fully saturated rings. The fourth-order valence-electron chi connectivity index (χ4n) is 2.27. The molecule has 1 N–H and O–H groups in total. The van der Waals surface area contributed by atoms with Gasteiger partial charge in [-0.25, -0.2) is 4.79 Å². The number of rotatable bonds is 7. The summed E-state index contributed by atoms with van der Waals surface area (Å²) in [5.41, 5.74) is -0.462. The average molecular weight is 292 g/mol. The Hall–Kier alpha value is -1.88. The molecule has 5 heteroatoms. The van der Waals surface area contributed by atoms with Crippen molar-refractivity contribution in [1.29, 1.82) is 0 Å². The van der Waals surface area contributed by atoms with Gasteiger partial charge in [0, 0.05) is 12.3 Å². The summed E-state index contributed by atoms with van der Waals surface area (Å²) in [6.45, 7) is 2.18. The lowest BCUT2D eigenvalue weighted by atomic mass is 10.1. The van der Waals surface area contributed by atoms with Crippen molar-refractivity contribution in [3.05, 3.63) is 35.9 Å². The number of hydrogen-bond acceptors (Lipinski definition) is 5. The predicted octanol–water partition coefficient (Wildman–Crippen LogP) is 1.82. The Morgan fingerprint density at radius 3 is 2.67 bits per heavy atom. The Morgan fingerprint density at radius 2 is 2.00 bits per heavy atom. The molecule has 1 aromatic rings. The highest BCUT2D eigenvalue weighted by molar-refractivity contribution is 5.83. The monoisotopic (exact) mass is 292 g/mol. The zero-order valence-electron chi connectivity index (χ0n) is 12.1. The normalized spacial score (nSPS) is 23.4. The molecular formula is C16H20O5. The minimum atomic E-state index is -1.39. The van der Waals surface area contributed by atoms with E-state index >= 15 is 0 Å². The second kappa shape index (κ2) is 6.72. The van der Waals surface area contributed by atoms with Crippen molar-refractivity contribution in [3.63, 3.8) is 0 Å². The summed E-state index contributed by atoms with van der Waals surface area (Å²) in [5, 5.41) is 9.98. The number of hydrogen-bond donors (Lipinski definition) is 1. The van der Waals surface area contributed by atoms with Crippen molar-refractivity contribution in [2.45, 2.75) is 38.4 Å². The van der Waals surface area contributed by atoms with Crippen molar-refractivity contribution in [3.8, 4) is 0 Å². The Bertz CT molecular complexity index is 499. The van der Waals surface area contributed by atoms with E-state index < -0.39 is 11.6 Å². The number of aliphatic hydroxyl groups is 1. The standard InChI is InChI=1S/C16H20O5/c1-2-20-15(18)16(19)10-13(16)8-9-14(17)21-11-12-6-4-3-5-7-12/h3-7,13,19H,2,8-11H2,1H3. The summed E-state index contributed by atoms with van der Waals surface area (Å²) in [4.78, 5) is 23.1. The van der Waals surface area contributed by atoms with Gasteiger partial charge in [0.2, 0.25) is 0 Å². The molecule has 2 atom stereocenters. The van der Waals surface area contributed by atoms with Gasteiger partial charge in [-0.2, -0.15) is 0 Å². The number of carbonyl (C=O) groups is 2. The lowest BCUT2D eigenvalue weighted by molar-refractivity contribution is -0.157. The van der Waals surface area contributed by atoms with Crippen molar-refractivity contribution < 1.29 is 24.2 Å². The van der Waals surface area contributed by atoms with Crippen LogP contribution in [0.3, 0.4) is 0 Å². The minimum Gasteiger partial charge on any atom is -0.464 e. The SMILES string of the molecule is CCOC(=O)C1(O)CC1CCC(=O)OCc1ccccc1. The second-order valence-electron chi connectivity index (χ2n) is 5.23. The fraction of sp³-hybridized carbons (Fsp3) is 0.500. The molecule has 1 aliphatic rings. The van der Waals surface area contributed by atoms with E-state index in [1.165, 1.54) is 0 Å². The Morgan fingerprint density at radius 1 is 1.29 bits per heavy atom. The van der Waals surface area contributed by atoms with Gasteiger partial charge in [0.1, 0.15) is 6.61 Å². The molecule has 0 radical (unpaired) electrons. The first-order valence-electron chi connectivity index (χ1n) is 7.15. The lowest BCUT2D eigenvalue weighted by Gasteiger charge is -2.09. The van der Waals surface area contributed by atoms with Crippen LogP contribution < -0.4 is 0 Å². The first-order valence-corrected chi connectivity index (χ1v) is 7.15. The Labute approximate surface area is 123 Å². The highest BCUT2D eigenvalue weighted by atomic mass is 16.6. The van der Waals surface area contributed by atoms with Crippen LogP contribution in [-0.2, 0) is 25.7 Å². The molecule has 0 saturated heterocycles. The summed E-state index contributed by atoms with van der Waals surface area (Å²) in [6, 6.07) is 9.43. The van der Waals surface area contributed by atoms with Crippen LogP contribution >= 0.6 is 0 Å². The highest BCUT2D eigenvalue weighted by Crippen LogP contribution is 2.47. The van der Waals surface area contributed by atoms with Crippen molar-refractivity contribution >= 4 is 11.9 Å². The van der Waals surface area contributed by atoms with E-state index in [4.69, 9.17) is 9.47 Å². The summed E-state index contributed by atoms with van der Waals surface area (Å²) in [5.74, 6) is -1.12. The van der Waals surface area contributed by atoms with Crippen molar-refractivity contribution in [2.75, 3.05) is 6.61 Å². The quantitative estimate of drug-likeness (QED) is 0.776. The highest BCUT2D eigenvalue weighted by Gasteiger charge is 2.59. The zero-order valence-corrected chi connectivity index (χ0v) is 12.1. The molecule has 5 nitrogen and oxygen atoms in total. The van der Waals surface area contributed by atoms with Gasteiger partial charge in [0.25, 0.3) is 0 Å². The molecule has 0 amide bonds. The maximum Gasteiger partial charge on any atom is 0.338 e. The van der Waals surface area contributed by atoms with Gasteiger partial charge in [-0.05, 0) is 25.3 Å². The van der Waals surface area contributed by atoms with Gasteiger partial charge >= 0.3 is 11.9 Å². The largest absolute Gasteiger partial charge is 0.464 e. The summed E-state index contributed by atoms with van der Waals surface area (Å²) < 4.78 is 9.95. The van der Waals surface area contributed by atoms with Gasteiger partial charge in [0.15, 0.2) is 5.60 Å². The first kappa shape index (κ1) is 15.5. The minimum absolute atomic E-state index is 0.194. The predicted molar refractivity (Wildman–Crippen MR) is 75.2 cm³/mol. The fourth-order valence-corrected chi connectivity index (χ4v) is 2.27. The van der Waals surface area contributed by atoms with Gasteiger partial charge < -0.3 is 14.6 Å². The van der Waals surface area contributed by atoms with Crippen LogP contribution in [0.15, 0.2) is 30.3 Å². The summed E-state index contributed by atoms with van der Waals surface area (Å²) in [7, 11) is 0. The molecule has 2 rings (SSSR count). The van der Waals surface area contributed by atoms with Crippen molar-refractivity contribution in [1.82, 2.24) is 0 Å². The van der Waals surface area contributed by atoms with Crippen LogP contribution in [0, 0.1) is 5.92 Å². The molecule has 1 aliphatic carbocycles. The van der Waals surface area contributed by atoms with Gasteiger partial charge in [0.05, 0.1) is 6.61 Å². The van der Waals surface area contributed by atoms with Gasteiger partial charge in [-0.15, -0.1) is 0 Å². The first-order chi connectivity index (χ1) is 10.1. The third kappa shape index (κ3) is 4.04. The topological polar surface area (TPSA) is 72.8 Å². The van der Waals surface area contributed by atoms with Gasteiger partial charge in [-0.3, -0.25) is 4.79 Å². The van der Waals surface area contributed by atoms with E-state index in [9.17, 15) is 14.7 Å². The van der Waals surface area contributed by atoms with Crippen LogP contribution in [0.25, 0.3) is 0 Å². The molecule has 1 aromatic carbocycles. The van der Waals surface area contributed by atoms with E-state index in [0.717, 1.165) is 5.56 Å². The molecule has 21 heavy (non-hydrogen) atoms. The Kier molecular flexibility index (Phi) is 4.96. The van der Waals surface area contributed by atoms with Gasteiger partial charge in [-0.1, -0.05) is 30.3 Å². The van der Waals surface area contributed by atoms with E-state index in [1.54, 1.807) is 6.92 Å². The zero-order chi connectivity index (χ0) is 15.3. The third-order valence-corrected chi connectivity index (χ3v) is 3.64. The number of esters is 2. The average Bonchev–Trinajstić information content (AvgIpc) is 3.17. The van der Waals surface area contributed by atoms with E-state index in [-0.39, 0.29) is 31.5 Å². The number of benzene rings is 1. The van der Waals surface area contributed by atoms with E-state index in [1.807, 2.05) is 30.3 Å². The molecule has 0 aromatic heterocycles. The number of carbonyl (C=O) groups excluding carboxylic acids is 2. The smallest absolute Gasteiger partial charge is 0.338 e. The maximum absolute atomic E-state index is 11.6. The van der Waals surface area contributed by atoms with Crippen LogP contribution in [0.4, 0.5) is 0 Å². The Balaban J connectivity index is 1.68. The molecule has 0 spiro atoms.